The van der Waals surface area contributed by atoms with E-state index in [1.165, 1.54) is 11.3 Å². The van der Waals surface area contributed by atoms with Crippen molar-refractivity contribution in [3.63, 3.8) is 0 Å². The van der Waals surface area contributed by atoms with Gasteiger partial charge in [-0.3, -0.25) is 9.59 Å². The van der Waals surface area contributed by atoms with Crippen LogP contribution in [0.15, 0.2) is 5.10 Å². The molecule has 0 aliphatic carbocycles. The van der Waals surface area contributed by atoms with E-state index in [2.05, 4.69) is 15.8 Å². The molecule has 10 heteroatoms. The zero-order valence-electron chi connectivity index (χ0n) is 14.6. The molecule has 1 aliphatic heterocycles. The largest absolute Gasteiger partial charge is 0.462 e. The van der Waals surface area contributed by atoms with Gasteiger partial charge in [-0.25, -0.2) is 15.0 Å². The molecule has 0 radical (unpaired) electrons. The summed E-state index contributed by atoms with van der Waals surface area (Å²) < 4.78 is 9.90. The second kappa shape index (κ2) is 8.56. The van der Waals surface area contributed by atoms with E-state index < -0.39 is 24.5 Å². The van der Waals surface area contributed by atoms with Gasteiger partial charge in [-0.1, -0.05) is 0 Å². The maximum absolute atomic E-state index is 12.1. The summed E-state index contributed by atoms with van der Waals surface area (Å²) >= 11 is 1.24. The van der Waals surface area contributed by atoms with Crippen molar-refractivity contribution in [1.82, 2.24) is 5.43 Å². The summed E-state index contributed by atoms with van der Waals surface area (Å²) in [7, 11) is 0. The van der Waals surface area contributed by atoms with Crippen molar-refractivity contribution in [3.8, 4) is 0 Å². The smallest absolute Gasteiger partial charge is 0.355 e. The fraction of sp³-hybridized carbons (Fsp3) is 0.438. The summed E-state index contributed by atoms with van der Waals surface area (Å²) in [6.45, 7) is 4.97. The van der Waals surface area contributed by atoms with Gasteiger partial charge in [0, 0.05) is 17.7 Å². The highest BCUT2D eigenvalue weighted by Crippen LogP contribution is 2.33. The lowest BCUT2D eigenvalue weighted by atomic mass is 10.1. The minimum atomic E-state index is -0.774. The number of thiophene rings is 1. The predicted molar refractivity (Wildman–Crippen MR) is 94.1 cm³/mol. The molecular formula is C16H19N3O6S. The number of hydrazone groups is 1. The van der Waals surface area contributed by atoms with Gasteiger partial charge in [-0.05, 0) is 26.3 Å². The van der Waals surface area contributed by atoms with E-state index >= 15 is 0 Å². The Labute approximate surface area is 153 Å². The van der Waals surface area contributed by atoms with Crippen molar-refractivity contribution in [1.29, 1.82) is 0 Å². The van der Waals surface area contributed by atoms with E-state index in [1.54, 1.807) is 13.8 Å². The first-order valence-corrected chi connectivity index (χ1v) is 8.74. The lowest BCUT2D eigenvalue weighted by Gasteiger charge is -2.11. The molecule has 2 amide bonds. The van der Waals surface area contributed by atoms with Crippen LogP contribution in [0.3, 0.4) is 0 Å². The summed E-state index contributed by atoms with van der Waals surface area (Å²) in [5.41, 5.74) is 3.26. The summed E-state index contributed by atoms with van der Waals surface area (Å²) in [6, 6.07) is 0. The van der Waals surface area contributed by atoms with Gasteiger partial charge in [0.05, 0.1) is 12.2 Å². The van der Waals surface area contributed by atoms with Gasteiger partial charge in [0.2, 0.25) is 5.91 Å². The average molecular weight is 381 g/mol. The number of amides is 2. The number of hydrogen-bond donors (Lipinski definition) is 2. The molecule has 2 heterocycles. The number of hydrogen-bond acceptors (Lipinski definition) is 8. The van der Waals surface area contributed by atoms with E-state index in [0.717, 1.165) is 10.4 Å². The third-order valence-corrected chi connectivity index (χ3v) is 4.71. The molecule has 0 aromatic carbocycles. The third-order valence-electron chi connectivity index (χ3n) is 3.59. The van der Waals surface area contributed by atoms with Crippen LogP contribution < -0.4 is 10.7 Å². The van der Waals surface area contributed by atoms with Gasteiger partial charge in [0.25, 0.3) is 5.91 Å². The van der Waals surface area contributed by atoms with E-state index in [4.69, 9.17) is 9.47 Å². The minimum Gasteiger partial charge on any atom is -0.462 e. The summed E-state index contributed by atoms with van der Waals surface area (Å²) in [5.74, 6) is -2.17. The highest BCUT2D eigenvalue weighted by atomic mass is 32.1. The number of nitrogens with one attached hydrogen (secondary N) is 2. The number of aryl methyl sites for hydroxylation is 1. The number of rotatable bonds is 6. The van der Waals surface area contributed by atoms with Crippen LogP contribution in [0.2, 0.25) is 0 Å². The maximum atomic E-state index is 12.1. The van der Waals surface area contributed by atoms with E-state index in [9.17, 15) is 19.2 Å². The molecule has 140 valence electrons. The molecule has 2 rings (SSSR count). The molecule has 0 saturated heterocycles. The van der Waals surface area contributed by atoms with Crippen LogP contribution >= 0.6 is 11.3 Å². The van der Waals surface area contributed by atoms with E-state index in [1.807, 2.05) is 6.92 Å². The van der Waals surface area contributed by atoms with Gasteiger partial charge >= 0.3 is 11.9 Å². The Morgan fingerprint density at radius 2 is 1.92 bits per heavy atom. The summed E-state index contributed by atoms with van der Waals surface area (Å²) in [4.78, 5) is 47.8. The number of esters is 2. The number of ether oxygens (including phenoxy) is 2. The second-order valence-corrected chi connectivity index (χ2v) is 6.65. The topological polar surface area (TPSA) is 123 Å². The minimum absolute atomic E-state index is 0.0485. The zero-order valence-corrected chi connectivity index (χ0v) is 15.4. The fourth-order valence-electron chi connectivity index (χ4n) is 2.16. The lowest BCUT2D eigenvalue weighted by Crippen LogP contribution is -2.32. The number of carbonyl (C=O) groups excluding carboxylic acids is 4. The van der Waals surface area contributed by atoms with Crippen molar-refractivity contribution in [2.45, 2.75) is 33.6 Å². The monoisotopic (exact) mass is 381 g/mol. The standard InChI is InChI=1S/C16H19N3O6S/c1-4-24-16(23)13-8(2)9(3)26-14(13)17-12(21)7-25-15(22)10-5-6-11(20)19-18-10/h4-7H2,1-3H3,(H,17,21)(H,19,20). The first kappa shape index (κ1) is 19.6. The van der Waals surface area contributed by atoms with Crippen LogP contribution in [-0.2, 0) is 23.9 Å². The molecule has 0 fully saturated rings. The Kier molecular flexibility index (Phi) is 6.45. The van der Waals surface area contributed by atoms with E-state index in [0.29, 0.717) is 10.6 Å². The quantitative estimate of drug-likeness (QED) is 0.716. The molecule has 1 aliphatic rings. The molecule has 0 unspecified atom stereocenters. The Balaban J connectivity index is 1.98. The lowest BCUT2D eigenvalue weighted by molar-refractivity contribution is -0.140. The Bertz CT molecular complexity index is 783. The van der Waals surface area contributed by atoms with Crippen LogP contribution in [0.1, 0.15) is 40.6 Å². The van der Waals surface area contributed by atoms with Crippen LogP contribution in [0.5, 0.6) is 0 Å². The third kappa shape index (κ3) is 4.66. The van der Waals surface area contributed by atoms with Gasteiger partial charge in [-0.2, -0.15) is 5.10 Å². The van der Waals surface area contributed by atoms with Gasteiger partial charge in [-0.15, -0.1) is 11.3 Å². The molecule has 0 atom stereocenters. The van der Waals surface area contributed by atoms with Gasteiger partial charge < -0.3 is 14.8 Å². The predicted octanol–water partition coefficient (Wildman–Crippen LogP) is 1.29. The number of carbonyl (C=O) groups is 4. The normalized spacial score (nSPS) is 13.5. The molecule has 1 aromatic rings. The fourth-order valence-corrected chi connectivity index (χ4v) is 3.23. The van der Waals surface area contributed by atoms with Gasteiger partial charge in [0.15, 0.2) is 6.61 Å². The molecule has 9 nitrogen and oxygen atoms in total. The van der Waals surface area contributed by atoms with Crippen molar-refractivity contribution in [2.75, 3.05) is 18.5 Å². The van der Waals surface area contributed by atoms with Crippen LogP contribution in [-0.4, -0.2) is 42.7 Å². The number of anilines is 1. The SMILES string of the molecule is CCOC(=O)c1c(NC(=O)COC(=O)C2=NNC(=O)CC2)sc(C)c1C. The molecule has 2 N–H and O–H groups in total. The van der Waals surface area contributed by atoms with Crippen molar-refractivity contribution in [3.05, 3.63) is 16.0 Å². The molecule has 26 heavy (non-hydrogen) atoms. The van der Waals surface area contributed by atoms with Crippen molar-refractivity contribution < 1.29 is 28.7 Å². The van der Waals surface area contributed by atoms with Crippen LogP contribution in [0, 0.1) is 13.8 Å². The molecular weight excluding hydrogens is 362 g/mol. The van der Waals surface area contributed by atoms with Crippen molar-refractivity contribution >= 4 is 45.8 Å². The highest BCUT2D eigenvalue weighted by molar-refractivity contribution is 7.16. The highest BCUT2D eigenvalue weighted by Gasteiger charge is 2.23. The molecule has 0 saturated carbocycles. The second-order valence-electron chi connectivity index (χ2n) is 5.43. The van der Waals surface area contributed by atoms with Crippen LogP contribution in [0.25, 0.3) is 0 Å². The Morgan fingerprint density at radius 3 is 2.54 bits per heavy atom. The van der Waals surface area contributed by atoms with Crippen molar-refractivity contribution in [2.24, 2.45) is 5.10 Å². The molecule has 1 aromatic heterocycles. The maximum Gasteiger partial charge on any atom is 0.355 e. The van der Waals surface area contributed by atoms with Crippen LogP contribution in [0.4, 0.5) is 5.00 Å². The number of nitrogens with zero attached hydrogens (tertiary/aromatic N) is 1. The first-order valence-electron chi connectivity index (χ1n) is 7.93. The Morgan fingerprint density at radius 1 is 1.19 bits per heavy atom. The zero-order chi connectivity index (χ0) is 19.3. The first-order chi connectivity index (χ1) is 12.3. The molecule has 0 spiro atoms. The van der Waals surface area contributed by atoms with Gasteiger partial charge in [0.1, 0.15) is 10.7 Å². The summed E-state index contributed by atoms with van der Waals surface area (Å²) in [5, 5.41) is 6.51. The Hall–Kier alpha value is -2.75. The average Bonchev–Trinajstić information content (AvgIpc) is 2.87. The summed E-state index contributed by atoms with van der Waals surface area (Å²) in [6.07, 6.45) is 0.291. The molecule has 0 bridgehead atoms. The van der Waals surface area contributed by atoms with E-state index in [-0.39, 0.29) is 31.1 Å².